The van der Waals surface area contributed by atoms with Crippen molar-refractivity contribution in [2.75, 3.05) is 0 Å². The Balaban J connectivity index is 1.98. The Morgan fingerprint density at radius 3 is 2.62 bits per heavy atom. The van der Waals surface area contributed by atoms with E-state index in [4.69, 9.17) is 4.43 Å². The topological polar surface area (TPSA) is 9.23 Å². The Morgan fingerprint density at radius 2 is 1.88 bits per heavy atom. The van der Waals surface area contributed by atoms with Crippen LogP contribution in [0.5, 0.6) is 0 Å². The predicted octanol–water partition coefficient (Wildman–Crippen LogP) is 3.71. The van der Waals surface area contributed by atoms with E-state index in [1.165, 1.54) is 24.8 Å². The summed E-state index contributed by atoms with van der Waals surface area (Å²) in [6.07, 6.45) is 4.61. The van der Waals surface area contributed by atoms with Crippen molar-refractivity contribution in [3.8, 4) is 0 Å². The molecule has 0 N–H and O–H groups in total. The molecule has 0 amide bonds. The van der Waals surface area contributed by atoms with Gasteiger partial charge in [0, 0.05) is 11.6 Å². The summed E-state index contributed by atoms with van der Waals surface area (Å²) in [4.78, 5) is 0. The lowest BCUT2D eigenvalue weighted by Gasteiger charge is -2.26. The first-order valence-electron chi connectivity index (χ1n) is 6.41. The third-order valence-electron chi connectivity index (χ3n) is 4.29. The molecule has 86 valence electrons. The molecule has 1 aromatic carbocycles. The molecule has 0 spiro atoms. The van der Waals surface area contributed by atoms with E-state index in [0.717, 1.165) is 11.5 Å². The zero-order valence-electron chi connectivity index (χ0n) is 10.1. The van der Waals surface area contributed by atoms with Gasteiger partial charge in [-0.1, -0.05) is 36.8 Å². The number of rotatable bonds is 1. The average molecular weight is 232 g/mol. The lowest BCUT2D eigenvalue weighted by molar-refractivity contribution is 0.199. The first kappa shape index (κ1) is 10.5. The zero-order chi connectivity index (χ0) is 11.2. The number of hydrogen-bond acceptors (Lipinski definition) is 1. The van der Waals surface area contributed by atoms with Gasteiger partial charge in [-0.15, -0.1) is 0 Å². The SMILES string of the molecule is C[Si]1(C)O[C@@H]2CCC[C@@H]2[C@@H]1c1ccccc1. The Labute approximate surface area is 99.0 Å². The van der Waals surface area contributed by atoms with Gasteiger partial charge in [0.15, 0.2) is 8.32 Å². The van der Waals surface area contributed by atoms with Gasteiger partial charge in [0.25, 0.3) is 0 Å². The molecule has 1 heterocycles. The number of benzene rings is 1. The van der Waals surface area contributed by atoms with E-state index in [9.17, 15) is 0 Å². The molecule has 3 rings (SSSR count). The van der Waals surface area contributed by atoms with Gasteiger partial charge in [-0.05, 0) is 37.4 Å². The maximum absolute atomic E-state index is 6.38. The number of hydrogen-bond donors (Lipinski definition) is 0. The van der Waals surface area contributed by atoms with E-state index >= 15 is 0 Å². The van der Waals surface area contributed by atoms with Crippen LogP contribution < -0.4 is 0 Å². The van der Waals surface area contributed by atoms with E-state index in [0.29, 0.717) is 6.10 Å². The van der Waals surface area contributed by atoms with Crippen molar-refractivity contribution in [2.45, 2.75) is 44.0 Å². The van der Waals surface area contributed by atoms with Gasteiger partial charge in [-0.3, -0.25) is 0 Å². The van der Waals surface area contributed by atoms with Crippen LogP contribution in [0.15, 0.2) is 30.3 Å². The second-order valence-electron chi connectivity index (χ2n) is 5.74. The van der Waals surface area contributed by atoms with Crippen molar-refractivity contribution < 1.29 is 4.43 Å². The molecular weight excluding hydrogens is 212 g/mol. The molecule has 2 aliphatic rings. The second kappa shape index (κ2) is 3.71. The molecule has 1 saturated heterocycles. The quantitative estimate of drug-likeness (QED) is 0.671. The summed E-state index contributed by atoms with van der Waals surface area (Å²) in [5, 5.41) is 0. The van der Waals surface area contributed by atoms with E-state index in [-0.39, 0.29) is 0 Å². The summed E-state index contributed by atoms with van der Waals surface area (Å²) in [5.74, 6) is 0.809. The van der Waals surface area contributed by atoms with Gasteiger partial charge >= 0.3 is 0 Å². The maximum Gasteiger partial charge on any atom is 0.194 e. The fourth-order valence-corrected chi connectivity index (χ4v) is 7.40. The molecule has 1 nitrogen and oxygen atoms in total. The minimum absolute atomic E-state index is 0.576. The summed E-state index contributed by atoms with van der Waals surface area (Å²) in [5.41, 5.74) is 2.25. The third kappa shape index (κ3) is 1.55. The molecule has 16 heavy (non-hydrogen) atoms. The van der Waals surface area contributed by atoms with Gasteiger partial charge in [0.05, 0.1) is 0 Å². The van der Waals surface area contributed by atoms with Crippen LogP contribution in [0, 0.1) is 5.92 Å². The van der Waals surface area contributed by atoms with Gasteiger partial charge in [0.2, 0.25) is 0 Å². The highest BCUT2D eigenvalue weighted by atomic mass is 28.4. The smallest absolute Gasteiger partial charge is 0.194 e. The van der Waals surface area contributed by atoms with E-state index in [1.54, 1.807) is 0 Å². The molecule has 0 radical (unpaired) electrons. The molecule has 1 aliphatic heterocycles. The fourth-order valence-electron chi connectivity index (χ4n) is 3.77. The van der Waals surface area contributed by atoms with E-state index < -0.39 is 8.32 Å². The first-order chi connectivity index (χ1) is 7.68. The lowest BCUT2D eigenvalue weighted by atomic mass is 9.95. The highest BCUT2D eigenvalue weighted by Crippen LogP contribution is 2.50. The lowest BCUT2D eigenvalue weighted by Crippen LogP contribution is -2.34. The van der Waals surface area contributed by atoms with Gasteiger partial charge in [-0.2, -0.15) is 0 Å². The number of fused-ring (bicyclic) bond motifs is 1. The molecule has 0 bridgehead atoms. The highest BCUT2D eigenvalue weighted by Gasteiger charge is 2.52. The van der Waals surface area contributed by atoms with Gasteiger partial charge in [-0.25, -0.2) is 0 Å². The van der Waals surface area contributed by atoms with Crippen molar-refractivity contribution in [3.63, 3.8) is 0 Å². The van der Waals surface area contributed by atoms with Crippen LogP contribution in [0.1, 0.15) is 30.4 Å². The molecule has 0 unspecified atom stereocenters. The van der Waals surface area contributed by atoms with E-state index in [1.807, 2.05) is 0 Å². The Bertz CT molecular complexity index is 374. The molecule has 1 aromatic rings. The molecular formula is C14H20OSi. The summed E-state index contributed by atoms with van der Waals surface area (Å²) in [6.45, 7) is 4.78. The Kier molecular flexibility index (Phi) is 2.44. The minimum atomic E-state index is -1.51. The van der Waals surface area contributed by atoms with Crippen LogP contribution >= 0.6 is 0 Å². The molecule has 1 aliphatic carbocycles. The monoisotopic (exact) mass is 232 g/mol. The standard InChI is InChI=1S/C14H20OSi/c1-16(2)14(11-7-4-3-5-8-11)12-9-6-10-13(12)15-16/h3-5,7-8,12-14H,6,9-10H2,1-2H3/t12-,13+,14-/m0/s1. The third-order valence-corrected chi connectivity index (χ3v) is 7.46. The summed E-state index contributed by atoms with van der Waals surface area (Å²) < 4.78 is 6.38. The molecule has 2 heteroatoms. The maximum atomic E-state index is 6.38. The predicted molar refractivity (Wildman–Crippen MR) is 68.9 cm³/mol. The Morgan fingerprint density at radius 1 is 1.12 bits per heavy atom. The van der Waals surface area contributed by atoms with Crippen molar-refractivity contribution >= 4 is 8.32 Å². The van der Waals surface area contributed by atoms with Crippen LogP contribution in [-0.2, 0) is 4.43 Å². The average Bonchev–Trinajstić information content (AvgIpc) is 2.75. The van der Waals surface area contributed by atoms with Crippen LogP contribution in [0.3, 0.4) is 0 Å². The van der Waals surface area contributed by atoms with Crippen LogP contribution in [-0.4, -0.2) is 14.4 Å². The fraction of sp³-hybridized carbons (Fsp3) is 0.571. The first-order valence-corrected chi connectivity index (χ1v) is 9.40. The van der Waals surface area contributed by atoms with Gasteiger partial charge < -0.3 is 4.43 Å². The van der Waals surface area contributed by atoms with E-state index in [2.05, 4.69) is 43.4 Å². The molecule has 1 saturated carbocycles. The van der Waals surface area contributed by atoms with Crippen LogP contribution in [0.25, 0.3) is 0 Å². The van der Waals surface area contributed by atoms with Gasteiger partial charge in [0.1, 0.15) is 0 Å². The summed E-state index contributed by atoms with van der Waals surface area (Å²) in [7, 11) is -1.51. The van der Waals surface area contributed by atoms with Crippen molar-refractivity contribution in [1.29, 1.82) is 0 Å². The Hall–Kier alpha value is -0.603. The van der Waals surface area contributed by atoms with Crippen LogP contribution in [0.2, 0.25) is 13.1 Å². The molecule has 0 aromatic heterocycles. The van der Waals surface area contributed by atoms with Crippen molar-refractivity contribution in [3.05, 3.63) is 35.9 Å². The second-order valence-corrected chi connectivity index (χ2v) is 9.81. The normalized spacial score (nSPS) is 36.2. The van der Waals surface area contributed by atoms with Crippen molar-refractivity contribution in [1.82, 2.24) is 0 Å². The highest BCUT2D eigenvalue weighted by molar-refractivity contribution is 6.73. The molecule has 2 fully saturated rings. The molecule has 3 atom stereocenters. The van der Waals surface area contributed by atoms with Crippen LogP contribution in [0.4, 0.5) is 0 Å². The largest absolute Gasteiger partial charge is 0.414 e. The van der Waals surface area contributed by atoms with Crippen molar-refractivity contribution in [2.24, 2.45) is 5.92 Å². The summed E-state index contributed by atoms with van der Waals surface area (Å²) in [6, 6.07) is 11.0. The minimum Gasteiger partial charge on any atom is -0.414 e. The zero-order valence-corrected chi connectivity index (χ0v) is 11.1. The summed E-state index contributed by atoms with van der Waals surface area (Å²) >= 11 is 0.